The highest BCUT2D eigenvalue weighted by atomic mass is 35.5. The standard InChI is InChI=1S/C12H16ClFN4O/c1-2-8-12(19)17-3-4-18(8)11-7(16)5-6(15)9(13)10(11)14/h5,8H,2-4,15-16H2,1H3,(H,17,19). The second kappa shape index (κ2) is 5.13. The predicted molar refractivity (Wildman–Crippen MR) is 74.7 cm³/mol. The summed E-state index contributed by atoms with van der Waals surface area (Å²) >= 11 is 5.82. The molecule has 1 aromatic rings. The van der Waals surface area contributed by atoms with Gasteiger partial charge in [0.2, 0.25) is 5.91 Å². The van der Waals surface area contributed by atoms with Crippen LogP contribution in [0.25, 0.3) is 0 Å². The van der Waals surface area contributed by atoms with Crippen LogP contribution < -0.4 is 21.7 Å². The highest BCUT2D eigenvalue weighted by molar-refractivity contribution is 6.33. The number of nitrogens with two attached hydrogens (primary N) is 2. The van der Waals surface area contributed by atoms with Crippen LogP contribution in [0.3, 0.4) is 0 Å². The van der Waals surface area contributed by atoms with Gasteiger partial charge in [-0.05, 0) is 12.5 Å². The van der Waals surface area contributed by atoms with Crippen molar-refractivity contribution in [3.63, 3.8) is 0 Å². The minimum absolute atomic E-state index is 0.0925. The van der Waals surface area contributed by atoms with Gasteiger partial charge in [0.15, 0.2) is 5.82 Å². The van der Waals surface area contributed by atoms with Crippen molar-refractivity contribution in [2.75, 3.05) is 29.5 Å². The van der Waals surface area contributed by atoms with Gasteiger partial charge in [0.05, 0.1) is 17.1 Å². The number of carbonyl (C=O) groups is 1. The van der Waals surface area contributed by atoms with Crippen LogP contribution in [-0.2, 0) is 4.79 Å². The molecule has 7 heteroatoms. The van der Waals surface area contributed by atoms with Crippen molar-refractivity contribution in [1.29, 1.82) is 0 Å². The topological polar surface area (TPSA) is 84.4 Å². The maximum Gasteiger partial charge on any atom is 0.242 e. The summed E-state index contributed by atoms with van der Waals surface area (Å²) < 4.78 is 14.3. The van der Waals surface area contributed by atoms with Crippen molar-refractivity contribution in [3.8, 4) is 0 Å². The SMILES string of the molecule is CCC1C(=O)NCCN1c1c(N)cc(N)c(Cl)c1F. The number of nitrogen functional groups attached to an aromatic ring is 2. The zero-order valence-electron chi connectivity index (χ0n) is 10.5. The van der Waals surface area contributed by atoms with E-state index < -0.39 is 11.9 Å². The molecule has 1 heterocycles. The van der Waals surface area contributed by atoms with Crippen molar-refractivity contribution in [1.82, 2.24) is 5.32 Å². The number of carbonyl (C=O) groups excluding carboxylic acids is 1. The normalized spacial score (nSPS) is 19.4. The molecule has 104 valence electrons. The first-order valence-corrected chi connectivity index (χ1v) is 6.42. The molecule has 1 aromatic carbocycles. The van der Waals surface area contributed by atoms with E-state index in [4.69, 9.17) is 23.1 Å². The van der Waals surface area contributed by atoms with Crippen LogP contribution >= 0.6 is 11.6 Å². The number of halogens is 2. The minimum atomic E-state index is -0.674. The molecule has 1 unspecified atom stereocenters. The Hall–Kier alpha value is -1.69. The summed E-state index contributed by atoms with van der Waals surface area (Å²) in [6, 6.07) is 0.963. The summed E-state index contributed by atoms with van der Waals surface area (Å²) in [4.78, 5) is 13.5. The number of rotatable bonds is 2. The molecule has 0 spiro atoms. The number of anilines is 3. The van der Waals surface area contributed by atoms with E-state index in [1.165, 1.54) is 6.07 Å². The van der Waals surface area contributed by atoms with E-state index in [0.717, 1.165) is 0 Å². The minimum Gasteiger partial charge on any atom is -0.397 e. The number of nitrogens with one attached hydrogen (secondary N) is 1. The Kier molecular flexibility index (Phi) is 3.71. The van der Waals surface area contributed by atoms with Crippen LogP contribution in [0.5, 0.6) is 0 Å². The molecule has 1 amide bonds. The first kappa shape index (κ1) is 13.7. The maximum atomic E-state index is 14.3. The Morgan fingerprint density at radius 3 is 2.84 bits per heavy atom. The van der Waals surface area contributed by atoms with Crippen LogP contribution in [0, 0.1) is 5.82 Å². The lowest BCUT2D eigenvalue weighted by molar-refractivity contribution is -0.123. The highest BCUT2D eigenvalue weighted by Gasteiger charge is 2.32. The van der Waals surface area contributed by atoms with Crippen molar-refractivity contribution in [2.45, 2.75) is 19.4 Å². The van der Waals surface area contributed by atoms with E-state index in [1.54, 1.807) is 4.90 Å². The summed E-state index contributed by atoms with van der Waals surface area (Å²) in [5.74, 6) is -0.812. The number of benzene rings is 1. The van der Waals surface area contributed by atoms with E-state index in [0.29, 0.717) is 19.5 Å². The largest absolute Gasteiger partial charge is 0.397 e. The van der Waals surface area contributed by atoms with Gasteiger partial charge in [-0.25, -0.2) is 4.39 Å². The smallest absolute Gasteiger partial charge is 0.242 e. The Labute approximate surface area is 115 Å². The van der Waals surface area contributed by atoms with Gasteiger partial charge in [-0.3, -0.25) is 4.79 Å². The third-order valence-electron chi connectivity index (χ3n) is 3.24. The molecule has 0 aliphatic carbocycles. The summed E-state index contributed by atoms with van der Waals surface area (Å²) in [6.45, 7) is 2.78. The van der Waals surface area contributed by atoms with Gasteiger partial charge >= 0.3 is 0 Å². The average Bonchev–Trinajstić information content (AvgIpc) is 2.36. The molecule has 0 bridgehead atoms. The highest BCUT2D eigenvalue weighted by Crippen LogP contribution is 2.37. The van der Waals surface area contributed by atoms with E-state index in [-0.39, 0.29) is 28.0 Å². The fraction of sp³-hybridized carbons (Fsp3) is 0.417. The molecule has 1 aliphatic rings. The van der Waals surface area contributed by atoms with Crippen molar-refractivity contribution in [2.24, 2.45) is 0 Å². The molecule has 5 N–H and O–H groups in total. The van der Waals surface area contributed by atoms with Gasteiger partial charge < -0.3 is 21.7 Å². The third-order valence-corrected chi connectivity index (χ3v) is 3.63. The fourth-order valence-electron chi connectivity index (χ4n) is 2.34. The van der Waals surface area contributed by atoms with Gasteiger partial charge in [0, 0.05) is 13.1 Å². The van der Waals surface area contributed by atoms with Gasteiger partial charge in [-0.15, -0.1) is 0 Å². The monoisotopic (exact) mass is 286 g/mol. The molecule has 1 aliphatic heterocycles. The lowest BCUT2D eigenvalue weighted by Gasteiger charge is -2.37. The molecule has 0 aromatic heterocycles. The quantitative estimate of drug-likeness (QED) is 0.717. The molecule has 0 radical (unpaired) electrons. The molecule has 19 heavy (non-hydrogen) atoms. The molecular weight excluding hydrogens is 271 g/mol. The number of hydrogen-bond acceptors (Lipinski definition) is 4. The lowest BCUT2D eigenvalue weighted by Crippen LogP contribution is -2.55. The summed E-state index contributed by atoms with van der Waals surface area (Å²) in [7, 11) is 0. The van der Waals surface area contributed by atoms with E-state index in [1.807, 2.05) is 6.92 Å². The van der Waals surface area contributed by atoms with Gasteiger partial charge in [0.25, 0.3) is 0 Å². The number of hydrogen-bond donors (Lipinski definition) is 3. The molecular formula is C12H16ClFN4O. The van der Waals surface area contributed by atoms with Crippen molar-refractivity contribution >= 4 is 34.6 Å². The second-order valence-electron chi connectivity index (χ2n) is 4.44. The Balaban J connectivity index is 2.51. The average molecular weight is 287 g/mol. The first-order valence-electron chi connectivity index (χ1n) is 6.04. The van der Waals surface area contributed by atoms with Crippen molar-refractivity contribution in [3.05, 3.63) is 16.9 Å². The van der Waals surface area contributed by atoms with Crippen molar-refractivity contribution < 1.29 is 9.18 Å². The molecule has 1 saturated heterocycles. The number of piperazine rings is 1. The molecule has 2 rings (SSSR count). The predicted octanol–water partition coefficient (Wildman–Crippen LogP) is 1.36. The fourth-order valence-corrected chi connectivity index (χ4v) is 2.48. The Morgan fingerprint density at radius 1 is 1.53 bits per heavy atom. The van der Waals surface area contributed by atoms with Gasteiger partial charge in [0.1, 0.15) is 11.1 Å². The zero-order chi connectivity index (χ0) is 14.2. The van der Waals surface area contributed by atoms with Crippen LogP contribution in [0.1, 0.15) is 13.3 Å². The van der Waals surface area contributed by atoms with Gasteiger partial charge in [-0.2, -0.15) is 0 Å². The molecule has 1 fully saturated rings. The molecule has 5 nitrogen and oxygen atoms in total. The van der Waals surface area contributed by atoms with Gasteiger partial charge in [-0.1, -0.05) is 18.5 Å². The van der Waals surface area contributed by atoms with E-state index in [2.05, 4.69) is 5.32 Å². The molecule has 1 atom stereocenters. The number of amides is 1. The Morgan fingerprint density at radius 2 is 2.21 bits per heavy atom. The molecule has 0 saturated carbocycles. The van der Waals surface area contributed by atoms with Crippen LogP contribution in [0.2, 0.25) is 5.02 Å². The summed E-state index contributed by atoms with van der Waals surface area (Å²) in [6.07, 6.45) is 0.548. The van der Waals surface area contributed by atoms with E-state index in [9.17, 15) is 9.18 Å². The van der Waals surface area contributed by atoms with E-state index >= 15 is 0 Å². The van der Waals surface area contributed by atoms with Crippen LogP contribution in [0.4, 0.5) is 21.5 Å². The zero-order valence-corrected chi connectivity index (χ0v) is 11.3. The number of nitrogens with zero attached hydrogens (tertiary/aromatic N) is 1. The third kappa shape index (κ3) is 2.28. The summed E-state index contributed by atoms with van der Waals surface area (Å²) in [5.41, 5.74) is 11.8. The summed E-state index contributed by atoms with van der Waals surface area (Å²) in [5, 5.41) is 2.58. The first-order chi connectivity index (χ1) is 8.97. The maximum absolute atomic E-state index is 14.3. The lowest BCUT2D eigenvalue weighted by atomic mass is 10.1. The second-order valence-corrected chi connectivity index (χ2v) is 4.82. The Bertz CT molecular complexity index is 523. The van der Waals surface area contributed by atoms with Crippen LogP contribution in [0.15, 0.2) is 6.07 Å². The van der Waals surface area contributed by atoms with Crippen LogP contribution in [-0.4, -0.2) is 25.0 Å².